The first-order chi connectivity index (χ1) is 9.65. The summed E-state index contributed by atoms with van der Waals surface area (Å²) in [6.07, 6.45) is 1.04. The van der Waals surface area contributed by atoms with Gasteiger partial charge in [-0.3, -0.25) is 4.79 Å². The predicted molar refractivity (Wildman–Crippen MR) is 80.1 cm³/mol. The molecular formula is C15H19ClN2O2. The number of nitrogens with zero attached hydrogens (tertiary/aromatic N) is 2. The Morgan fingerprint density at radius 1 is 1.45 bits per heavy atom. The topological polar surface area (TPSA) is 44.1 Å². The first kappa shape index (κ1) is 14.9. The van der Waals surface area contributed by atoms with Gasteiger partial charge in [-0.1, -0.05) is 6.07 Å². The van der Waals surface area contributed by atoms with Crippen LogP contribution >= 0.6 is 11.6 Å². The fourth-order valence-electron chi connectivity index (χ4n) is 2.24. The van der Waals surface area contributed by atoms with Crippen molar-refractivity contribution in [3.63, 3.8) is 0 Å². The molecule has 0 saturated heterocycles. The van der Waals surface area contributed by atoms with Gasteiger partial charge in [0.15, 0.2) is 0 Å². The van der Waals surface area contributed by atoms with Gasteiger partial charge in [-0.25, -0.2) is 4.98 Å². The molecule has 0 bridgehead atoms. The molecule has 4 nitrogen and oxygen atoms in total. The normalized spacial score (nSPS) is 10.9. The fourth-order valence-corrected chi connectivity index (χ4v) is 2.41. The van der Waals surface area contributed by atoms with Gasteiger partial charge in [0.05, 0.1) is 24.1 Å². The number of hydrogen-bond donors (Lipinski definition) is 0. The summed E-state index contributed by atoms with van der Waals surface area (Å²) in [5, 5.41) is 0. The van der Waals surface area contributed by atoms with Crippen molar-refractivity contribution < 1.29 is 9.53 Å². The van der Waals surface area contributed by atoms with Gasteiger partial charge in [-0.15, -0.1) is 11.6 Å². The van der Waals surface area contributed by atoms with Crippen molar-refractivity contribution >= 4 is 28.6 Å². The Bertz CT molecular complexity index is 607. The van der Waals surface area contributed by atoms with E-state index in [1.54, 1.807) is 0 Å². The van der Waals surface area contributed by atoms with Crippen LogP contribution in [0.2, 0.25) is 0 Å². The van der Waals surface area contributed by atoms with E-state index in [0.717, 1.165) is 16.9 Å². The molecule has 0 amide bonds. The second-order valence-corrected chi connectivity index (χ2v) is 5.04. The quantitative estimate of drug-likeness (QED) is 0.607. The van der Waals surface area contributed by atoms with E-state index in [2.05, 4.69) is 15.6 Å². The summed E-state index contributed by atoms with van der Waals surface area (Å²) >= 11 is 5.83. The van der Waals surface area contributed by atoms with Crippen molar-refractivity contribution in [1.82, 2.24) is 9.55 Å². The Labute approximate surface area is 123 Å². The average molecular weight is 295 g/mol. The van der Waals surface area contributed by atoms with E-state index < -0.39 is 0 Å². The summed E-state index contributed by atoms with van der Waals surface area (Å²) in [6.45, 7) is 4.85. The minimum absolute atomic E-state index is 0.182. The highest BCUT2D eigenvalue weighted by molar-refractivity contribution is 6.17. The van der Waals surface area contributed by atoms with Crippen molar-refractivity contribution in [2.75, 3.05) is 12.5 Å². The zero-order chi connectivity index (χ0) is 14.5. The molecule has 5 heteroatoms. The highest BCUT2D eigenvalue weighted by Crippen LogP contribution is 2.19. The summed E-state index contributed by atoms with van der Waals surface area (Å²) in [5.41, 5.74) is 3.17. The lowest BCUT2D eigenvalue weighted by Crippen LogP contribution is -2.11. The van der Waals surface area contributed by atoms with Gasteiger partial charge in [0.2, 0.25) is 0 Å². The van der Waals surface area contributed by atoms with Crippen LogP contribution in [0.5, 0.6) is 0 Å². The standard InChI is InChI=1S/C15H19ClN2O2/c1-3-20-15(19)7-9-18-13-10-11(2)4-5-12(13)17-14(18)6-8-16/h4-5,10H,3,6-9H2,1-2H3. The highest BCUT2D eigenvalue weighted by atomic mass is 35.5. The number of imidazole rings is 1. The number of carbonyl (C=O) groups excluding carboxylic acids is 1. The zero-order valence-electron chi connectivity index (χ0n) is 11.9. The third-order valence-corrected chi connectivity index (χ3v) is 3.33. The summed E-state index contributed by atoms with van der Waals surface area (Å²) in [4.78, 5) is 16.1. The molecule has 0 radical (unpaired) electrons. The number of esters is 1. The summed E-state index contributed by atoms with van der Waals surface area (Å²) < 4.78 is 7.05. The fraction of sp³-hybridized carbons (Fsp3) is 0.467. The van der Waals surface area contributed by atoms with E-state index in [9.17, 15) is 4.79 Å². The molecule has 0 unspecified atom stereocenters. The number of hydrogen-bond acceptors (Lipinski definition) is 3. The lowest BCUT2D eigenvalue weighted by atomic mass is 10.2. The summed E-state index contributed by atoms with van der Waals surface area (Å²) in [5.74, 6) is 1.26. The minimum atomic E-state index is -0.182. The number of alkyl halides is 1. The Morgan fingerprint density at radius 2 is 2.25 bits per heavy atom. The Balaban J connectivity index is 2.30. The second kappa shape index (κ2) is 6.75. The number of carbonyl (C=O) groups is 1. The number of rotatable bonds is 6. The average Bonchev–Trinajstić information content (AvgIpc) is 2.74. The molecule has 2 rings (SSSR count). The van der Waals surface area contributed by atoms with Gasteiger partial charge in [0, 0.05) is 18.8 Å². The third-order valence-electron chi connectivity index (χ3n) is 3.15. The number of halogens is 1. The van der Waals surface area contributed by atoms with Gasteiger partial charge >= 0.3 is 5.97 Å². The van der Waals surface area contributed by atoms with Crippen LogP contribution in [0.4, 0.5) is 0 Å². The Hall–Kier alpha value is -1.55. The van der Waals surface area contributed by atoms with E-state index in [0.29, 0.717) is 31.9 Å². The van der Waals surface area contributed by atoms with Gasteiger partial charge in [0.25, 0.3) is 0 Å². The maximum Gasteiger partial charge on any atom is 0.307 e. The third kappa shape index (κ3) is 3.31. The second-order valence-electron chi connectivity index (χ2n) is 4.67. The van der Waals surface area contributed by atoms with Gasteiger partial charge in [-0.05, 0) is 31.5 Å². The number of aryl methyl sites for hydroxylation is 3. The molecule has 2 aromatic rings. The molecule has 0 atom stereocenters. The van der Waals surface area contributed by atoms with Crippen LogP contribution in [0.1, 0.15) is 24.7 Å². The maximum absolute atomic E-state index is 11.5. The molecule has 108 valence electrons. The van der Waals surface area contributed by atoms with Crippen molar-refractivity contribution in [3.05, 3.63) is 29.6 Å². The van der Waals surface area contributed by atoms with Gasteiger partial charge in [0.1, 0.15) is 5.82 Å². The van der Waals surface area contributed by atoms with E-state index in [1.807, 2.05) is 26.0 Å². The van der Waals surface area contributed by atoms with Crippen LogP contribution < -0.4 is 0 Å². The van der Waals surface area contributed by atoms with Crippen molar-refractivity contribution in [1.29, 1.82) is 0 Å². The van der Waals surface area contributed by atoms with Crippen LogP contribution in [0, 0.1) is 6.92 Å². The van der Waals surface area contributed by atoms with E-state index in [4.69, 9.17) is 16.3 Å². The first-order valence-corrected chi connectivity index (χ1v) is 7.36. The monoisotopic (exact) mass is 294 g/mol. The Kier molecular flexibility index (Phi) is 5.01. The van der Waals surface area contributed by atoms with Crippen LogP contribution in [-0.2, 0) is 22.5 Å². The molecule has 0 aliphatic heterocycles. The summed E-state index contributed by atoms with van der Waals surface area (Å²) in [7, 11) is 0. The molecule has 0 aliphatic rings. The lowest BCUT2D eigenvalue weighted by Gasteiger charge is -2.08. The van der Waals surface area contributed by atoms with Crippen LogP contribution in [-0.4, -0.2) is 28.0 Å². The lowest BCUT2D eigenvalue weighted by molar-refractivity contribution is -0.143. The molecule has 0 spiro atoms. The molecule has 0 fully saturated rings. The Morgan fingerprint density at radius 3 is 2.95 bits per heavy atom. The van der Waals surface area contributed by atoms with Crippen molar-refractivity contribution in [2.45, 2.75) is 33.2 Å². The molecule has 0 aliphatic carbocycles. The largest absolute Gasteiger partial charge is 0.466 e. The van der Waals surface area contributed by atoms with Crippen LogP contribution in [0.3, 0.4) is 0 Å². The molecule has 0 saturated carbocycles. The SMILES string of the molecule is CCOC(=O)CCn1c(CCCl)nc2ccc(C)cc21. The van der Waals surface area contributed by atoms with E-state index in [1.165, 1.54) is 5.56 Å². The first-order valence-electron chi connectivity index (χ1n) is 6.83. The summed E-state index contributed by atoms with van der Waals surface area (Å²) in [6, 6.07) is 6.13. The minimum Gasteiger partial charge on any atom is -0.466 e. The van der Waals surface area contributed by atoms with E-state index in [-0.39, 0.29) is 5.97 Å². The molecule has 20 heavy (non-hydrogen) atoms. The van der Waals surface area contributed by atoms with Gasteiger partial charge < -0.3 is 9.30 Å². The maximum atomic E-state index is 11.5. The number of ether oxygens (including phenoxy) is 1. The molecular weight excluding hydrogens is 276 g/mol. The van der Waals surface area contributed by atoms with Crippen molar-refractivity contribution in [2.24, 2.45) is 0 Å². The van der Waals surface area contributed by atoms with E-state index >= 15 is 0 Å². The highest BCUT2D eigenvalue weighted by Gasteiger charge is 2.12. The molecule has 0 N–H and O–H groups in total. The number of fused-ring (bicyclic) bond motifs is 1. The van der Waals surface area contributed by atoms with Crippen LogP contribution in [0.15, 0.2) is 18.2 Å². The smallest absolute Gasteiger partial charge is 0.307 e. The zero-order valence-corrected chi connectivity index (χ0v) is 12.6. The van der Waals surface area contributed by atoms with Crippen molar-refractivity contribution in [3.8, 4) is 0 Å². The predicted octanol–water partition coefficient (Wildman–Crippen LogP) is 3.08. The number of aromatic nitrogens is 2. The molecule has 1 heterocycles. The van der Waals surface area contributed by atoms with Crippen LogP contribution in [0.25, 0.3) is 11.0 Å². The molecule has 1 aromatic heterocycles. The van der Waals surface area contributed by atoms with Gasteiger partial charge in [-0.2, -0.15) is 0 Å². The number of benzene rings is 1. The molecule has 1 aromatic carbocycles.